The second-order valence-electron chi connectivity index (χ2n) is 3.72. The molecular formula is C12H12ClN3O. The van der Waals surface area contributed by atoms with Crippen LogP contribution in [0.3, 0.4) is 0 Å². The van der Waals surface area contributed by atoms with Gasteiger partial charge in [0.2, 0.25) is 11.9 Å². The minimum Gasteiger partial charge on any atom is -0.328 e. The Kier molecular flexibility index (Phi) is 3.15. The smallest absolute Gasteiger partial charge is 0.223 e. The Morgan fingerprint density at radius 1 is 1.41 bits per heavy atom. The van der Waals surface area contributed by atoms with Gasteiger partial charge in [-0.25, -0.2) is 4.98 Å². The van der Waals surface area contributed by atoms with Crippen molar-refractivity contribution in [2.75, 3.05) is 5.32 Å². The first-order valence-corrected chi connectivity index (χ1v) is 5.55. The standard InChI is InChI=1S/C12H12ClN3O/c1-7-11(9-5-3-4-6-10(9)13)16-12(14-7)15-8(2)17/h3-6H,1-2H3,(H2,14,15,16,17). The fraction of sp³-hybridized carbons (Fsp3) is 0.167. The molecular weight excluding hydrogens is 238 g/mol. The van der Waals surface area contributed by atoms with Crippen molar-refractivity contribution in [2.45, 2.75) is 13.8 Å². The first kappa shape index (κ1) is 11.7. The zero-order valence-corrected chi connectivity index (χ0v) is 10.3. The van der Waals surface area contributed by atoms with E-state index in [0.717, 1.165) is 17.0 Å². The summed E-state index contributed by atoms with van der Waals surface area (Å²) < 4.78 is 0. The highest BCUT2D eigenvalue weighted by Crippen LogP contribution is 2.29. The van der Waals surface area contributed by atoms with Crippen molar-refractivity contribution in [3.05, 3.63) is 35.0 Å². The van der Waals surface area contributed by atoms with Crippen LogP contribution in [-0.2, 0) is 4.79 Å². The molecule has 1 heterocycles. The first-order valence-electron chi connectivity index (χ1n) is 5.17. The van der Waals surface area contributed by atoms with Crippen molar-refractivity contribution >= 4 is 23.5 Å². The molecule has 0 spiro atoms. The average molecular weight is 250 g/mol. The molecule has 0 aliphatic carbocycles. The number of aryl methyl sites for hydroxylation is 1. The molecule has 17 heavy (non-hydrogen) atoms. The summed E-state index contributed by atoms with van der Waals surface area (Å²) in [7, 11) is 0. The summed E-state index contributed by atoms with van der Waals surface area (Å²) in [6, 6.07) is 7.46. The van der Waals surface area contributed by atoms with Crippen LogP contribution in [0, 0.1) is 6.92 Å². The van der Waals surface area contributed by atoms with E-state index in [2.05, 4.69) is 15.3 Å². The molecule has 1 amide bonds. The van der Waals surface area contributed by atoms with E-state index >= 15 is 0 Å². The highest BCUT2D eigenvalue weighted by molar-refractivity contribution is 6.33. The predicted molar refractivity (Wildman–Crippen MR) is 68.1 cm³/mol. The number of benzene rings is 1. The molecule has 1 aromatic carbocycles. The third-order valence-electron chi connectivity index (χ3n) is 2.31. The highest BCUT2D eigenvalue weighted by atomic mass is 35.5. The minimum atomic E-state index is -0.163. The Hall–Kier alpha value is -1.81. The zero-order chi connectivity index (χ0) is 12.4. The minimum absolute atomic E-state index is 0.163. The number of carbonyl (C=O) groups excluding carboxylic acids is 1. The van der Waals surface area contributed by atoms with Crippen molar-refractivity contribution in [3.8, 4) is 11.3 Å². The maximum Gasteiger partial charge on any atom is 0.223 e. The predicted octanol–water partition coefficient (Wildman–Crippen LogP) is 3.00. The normalized spacial score (nSPS) is 10.3. The Morgan fingerprint density at radius 2 is 2.12 bits per heavy atom. The van der Waals surface area contributed by atoms with E-state index in [1.165, 1.54) is 6.92 Å². The molecule has 4 nitrogen and oxygen atoms in total. The third kappa shape index (κ3) is 2.47. The van der Waals surface area contributed by atoms with Crippen LogP contribution in [0.2, 0.25) is 5.02 Å². The van der Waals surface area contributed by atoms with Gasteiger partial charge in [0.15, 0.2) is 0 Å². The molecule has 88 valence electrons. The van der Waals surface area contributed by atoms with Gasteiger partial charge in [-0.3, -0.25) is 10.1 Å². The number of amides is 1. The number of aromatic nitrogens is 2. The van der Waals surface area contributed by atoms with Crippen LogP contribution in [0.4, 0.5) is 5.95 Å². The van der Waals surface area contributed by atoms with Crippen LogP contribution in [0.5, 0.6) is 0 Å². The van der Waals surface area contributed by atoms with Gasteiger partial charge in [-0.15, -0.1) is 0 Å². The number of nitrogens with zero attached hydrogens (tertiary/aromatic N) is 1. The van der Waals surface area contributed by atoms with Crippen LogP contribution in [0.1, 0.15) is 12.6 Å². The van der Waals surface area contributed by atoms with Crippen LogP contribution in [0.15, 0.2) is 24.3 Å². The number of anilines is 1. The molecule has 0 saturated carbocycles. The first-order chi connectivity index (χ1) is 8.08. The summed E-state index contributed by atoms with van der Waals surface area (Å²) in [5, 5.41) is 3.24. The van der Waals surface area contributed by atoms with Gasteiger partial charge in [0.25, 0.3) is 0 Å². The summed E-state index contributed by atoms with van der Waals surface area (Å²) >= 11 is 6.10. The summed E-state index contributed by atoms with van der Waals surface area (Å²) in [6.07, 6.45) is 0. The van der Waals surface area contributed by atoms with E-state index in [4.69, 9.17) is 11.6 Å². The van der Waals surface area contributed by atoms with Gasteiger partial charge in [-0.05, 0) is 13.0 Å². The molecule has 5 heteroatoms. The number of nitrogens with one attached hydrogen (secondary N) is 2. The molecule has 0 fully saturated rings. The molecule has 0 atom stereocenters. The topological polar surface area (TPSA) is 57.8 Å². The number of hydrogen-bond acceptors (Lipinski definition) is 2. The Morgan fingerprint density at radius 3 is 2.76 bits per heavy atom. The molecule has 2 rings (SSSR count). The number of hydrogen-bond donors (Lipinski definition) is 2. The molecule has 0 aliphatic rings. The molecule has 0 radical (unpaired) electrons. The van der Waals surface area contributed by atoms with Gasteiger partial charge in [0.1, 0.15) is 0 Å². The van der Waals surface area contributed by atoms with Crippen molar-refractivity contribution in [1.29, 1.82) is 0 Å². The number of H-pyrrole nitrogens is 1. The van der Waals surface area contributed by atoms with Crippen LogP contribution < -0.4 is 5.32 Å². The SMILES string of the molecule is CC(=O)Nc1nc(-c2ccccc2Cl)c(C)[nH]1. The lowest BCUT2D eigenvalue weighted by Gasteiger charge is -2.00. The van der Waals surface area contributed by atoms with E-state index in [1.807, 2.05) is 31.2 Å². The van der Waals surface area contributed by atoms with Crippen molar-refractivity contribution < 1.29 is 4.79 Å². The average Bonchev–Trinajstić information content (AvgIpc) is 2.59. The largest absolute Gasteiger partial charge is 0.328 e. The van der Waals surface area contributed by atoms with Crippen molar-refractivity contribution in [2.24, 2.45) is 0 Å². The number of imidazole rings is 1. The molecule has 0 saturated heterocycles. The van der Waals surface area contributed by atoms with E-state index < -0.39 is 0 Å². The molecule has 1 aromatic heterocycles. The van der Waals surface area contributed by atoms with Crippen molar-refractivity contribution in [1.82, 2.24) is 9.97 Å². The van der Waals surface area contributed by atoms with Gasteiger partial charge in [0.05, 0.1) is 10.7 Å². The van der Waals surface area contributed by atoms with Crippen molar-refractivity contribution in [3.63, 3.8) is 0 Å². The van der Waals surface area contributed by atoms with Gasteiger partial charge in [-0.1, -0.05) is 29.8 Å². The summed E-state index contributed by atoms with van der Waals surface area (Å²) in [5.74, 6) is 0.273. The summed E-state index contributed by atoms with van der Waals surface area (Å²) in [5.41, 5.74) is 2.46. The second kappa shape index (κ2) is 4.59. The van der Waals surface area contributed by atoms with Gasteiger partial charge in [-0.2, -0.15) is 0 Å². The number of aromatic amines is 1. The maximum atomic E-state index is 10.9. The van der Waals surface area contributed by atoms with Crippen LogP contribution >= 0.6 is 11.6 Å². The fourth-order valence-corrected chi connectivity index (χ4v) is 1.83. The lowest BCUT2D eigenvalue weighted by atomic mass is 10.1. The summed E-state index contributed by atoms with van der Waals surface area (Å²) in [4.78, 5) is 18.2. The monoisotopic (exact) mass is 249 g/mol. The molecule has 2 aromatic rings. The molecule has 0 bridgehead atoms. The van der Waals surface area contributed by atoms with E-state index in [9.17, 15) is 4.79 Å². The lowest BCUT2D eigenvalue weighted by molar-refractivity contribution is -0.114. The Balaban J connectivity index is 2.43. The van der Waals surface area contributed by atoms with Crippen LogP contribution in [0.25, 0.3) is 11.3 Å². The van der Waals surface area contributed by atoms with E-state index in [0.29, 0.717) is 11.0 Å². The molecule has 0 aliphatic heterocycles. The Labute approximate surface area is 104 Å². The van der Waals surface area contributed by atoms with Crippen LogP contribution in [-0.4, -0.2) is 15.9 Å². The van der Waals surface area contributed by atoms with Gasteiger partial charge < -0.3 is 4.98 Å². The van der Waals surface area contributed by atoms with Gasteiger partial charge in [0, 0.05) is 18.2 Å². The number of carbonyl (C=O) groups is 1. The summed E-state index contributed by atoms with van der Waals surface area (Å²) in [6.45, 7) is 3.32. The Bertz CT molecular complexity index is 563. The quantitative estimate of drug-likeness (QED) is 0.860. The molecule has 2 N–H and O–H groups in total. The lowest BCUT2D eigenvalue weighted by Crippen LogP contribution is -2.06. The number of halogens is 1. The fourth-order valence-electron chi connectivity index (χ4n) is 1.60. The third-order valence-corrected chi connectivity index (χ3v) is 2.64. The maximum absolute atomic E-state index is 10.9. The molecule has 0 unspecified atom stereocenters. The van der Waals surface area contributed by atoms with E-state index in [-0.39, 0.29) is 5.91 Å². The van der Waals surface area contributed by atoms with Gasteiger partial charge >= 0.3 is 0 Å². The number of rotatable bonds is 2. The second-order valence-corrected chi connectivity index (χ2v) is 4.13. The van der Waals surface area contributed by atoms with E-state index in [1.54, 1.807) is 0 Å². The highest BCUT2D eigenvalue weighted by Gasteiger charge is 2.11. The zero-order valence-electron chi connectivity index (χ0n) is 9.54.